The highest BCUT2D eigenvalue weighted by Gasteiger charge is 2.36. The molecule has 0 saturated carbocycles. The van der Waals surface area contributed by atoms with Gasteiger partial charge < -0.3 is 15.3 Å². The highest BCUT2D eigenvalue weighted by molar-refractivity contribution is 5.87. The van der Waals surface area contributed by atoms with E-state index in [0.717, 1.165) is 0 Å². The summed E-state index contributed by atoms with van der Waals surface area (Å²) in [6.45, 7) is 5.35. The van der Waals surface area contributed by atoms with Crippen LogP contribution in [0.3, 0.4) is 0 Å². The Bertz CT molecular complexity index is 226. The Morgan fingerprint density at radius 1 is 1.43 bits per heavy atom. The highest BCUT2D eigenvalue weighted by Crippen LogP contribution is 2.14. The van der Waals surface area contributed by atoms with E-state index in [9.17, 15) is 9.59 Å². The van der Waals surface area contributed by atoms with Gasteiger partial charge in [-0.3, -0.25) is 4.79 Å². The smallest absolute Gasteiger partial charge is 0.329 e. The summed E-state index contributed by atoms with van der Waals surface area (Å²) in [4.78, 5) is 23.8. The molecule has 5 nitrogen and oxygen atoms in total. The summed E-state index contributed by atoms with van der Waals surface area (Å²) in [7, 11) is 1.65. The summed E-state index contributed by atoms with van der Waals surface area (Å²) in [6, 6.07) is 0. The van der Waals surface area contributed by atoms with Crippen LogP contribution in [0.5, 0.6) is 0 Å². The van der Waals surface area contributed by atoms with Gasteiger partial charge >= 0.3 is 5.97 Å². The number of amides is 1. The largest absolute Gasteiger partial charge is 0.480 e. The fraction of sp³-hybridized carbons (Fsp3) is 0.778. The number of carboxylic acids is 1. The predicted octanol–water partition coefficient (Wildman–Crippen LogP) is -0.0825. The van der Waals surface area contributed by atoms with Gasteiger partial charge in [0.05, 0.1) is 6.54 Å². The first-order chi connectivity index (χ1) is 6.37. The van der Waals surface area contributed by atoms with Crippen molar-refractivity contribution in [3.8, 4) is 0 Å². The van der Waals surface area contributed by atoms with Gasteiger partial charge in [-0.1, -0.05) is 0 Å². The third-order valence-corrected chi connectivity index (χ3v) is 2.14. The van der Waals surface area contributed by atoms with Gasteiger partial charge in [0.15, 0.2) is 0 Å². The van der Waals surface area contributed by atoms with E-state index in [4.69, 9.17) is 5.11 Å². The summed E-state index contributed by atoms with van der Waals surface area (Å²) >= 11 is 0. The molecule has 0 spiro atoms. The molecule has 82 valence electrons. The SMILES string of the molecule is CCN(C(=O)CNC)C(C)(C)C(=O)O. The molecule has 0 radical (unpaired) electrons. The fourth-order valence-electron chi connectivity index (χ4n) is 1.25. The minimum atomic E-state index is -1.15. The normalized spacial score (nSPS) is 11.1. The first-order valence-corrected chi connectivity index (χ1v) is 4.56. The van der Waals surface area contributed by atoms with Crippen LogP contribution in [-0.2, 0) is 9.59 Å². The molecule has 0 fully saturated rings. The van der Waals surface area contributed by atoms with Crippen molar-refractivity contribution in [2.45, 2.75) is 26.3 Å². The van der Waals surface area contributed by atoms with E-state index < -0.39 is 11.5 Å². The minimum Gasteiger partial charge on any atom is -0.480 e. The second-order valence-electron chi connectivity index (χ2n) is 3.53. The van der Waals surface area contributed by atoms with Crippen molar-refractivity contribution < 1.29 is 14.7 Å². The van der Waals surface area contributed by atoms with E-state index >= 15 is 0 Å². The fourth-order valence-corrected chi connectivity index (χ4v) is 1.25. The highest BCUT2D eigenvalue weighted by atomic mass is 16.4. The van der Waals surface area contributed by atoms with E-state index in [-0.39, 0.29) is 12.5 Å². The van der Waals surface area contributed by atoms with Crippen LogP contribution >= 0.6 is 0 Å². The van der Waals surface area contributed by atoms with E-state index in [1.165, 1.54) is 18.7 Å². The zero-order chi connectivity index (χ0) is 11.4. The molecule has 0 aromatic carbocycles. The molecule has 0 bridgehead atoms. The van der Waals surface area contributed by atoms with Gasteiger partial charge in [-0.25, -0.2) is 4.79 Å². The second kappa shape index (κ2) is 4.95. The number of hydrogen-bond acceptors (Lipinski definition) is 3. The number of nitrogens with one attached hydrogen (secondary N) is 1. The van der Waals surface area contributed by atoms with Crippen molar-refractivity contribution in [3.63, 3.8) is 0 Å². The molecule has 0 aliphatic heterocycles. The lowest BCUT2D eigenvalue weighted by Gasteiger charge is -2.34. The van der Waals surface area contributed by atoms with Crippen LogP contribution in [0, 0.1) is 0 Å². The molecule has 2 N–H and O–H groups in total. The molecule has 1 amide bonds. The van der Waals surface area contributed by atoms with Gasteiger partial charge in [0.2, 0.25) is 5.91 Å². The van der Waals surface area contributed by atoms with Crippen LogP contribution < -0.4 is 5.32 Å². The lowest BCUT2D eigenvalue weighted by atomic mass is 10.0. The molecule has 0 aromatic heterocycles. The molecular weight excluding hydrogens is 184 g/mol. The number of nitrogens with zero attached hydrogens (tertiary/aromatic N) is 1. The van der Waals surface area contributed by atoms with Crippen molar-refractivity contribution in [1.82, 2.24) is 10.2 Å². The van der Waals surface area contributed by atoms with Crippen LogP contribution in [0.4, 0.5) is 0 Å². The predicted molar refractivity (Wildman–Crippen MR) is 53.0 cm³/mol. The Balaban J connectivity index is 4.71. The quantitative estimate of drug-likeness (QED) is 0.654. The van der Waals surface area contributed by atoms with E-state index in [1.54, 1.807) is 14.0 Å². The third kappa shape index (κ3) is 2.70. The average Bonchev–Trinajstić information content (AvgIpc) is 2.04. The Morgan fingerprint density at radius 2 is 1.93 bits per heavy atom. The van der Waals surface area contributed by atoms with E-state index in [0.29, 0.717) is 6.54 Å². The first kappa shape index (κ1) is 12.9. The van der Waals surface area contributed by atoms with Crippen molar-refractivity contribution in [2.75, 3.05) is 20.1 Å². The van der Waals surface area contributed by atoms with Gasteiger partial charge in [-0.2, -0.15) is 0 Å². The number of likely N-dealkylation sites (N-methyl/N-ethyl adjacent to an activating group) is 2. The maximum Gasteiger partial charge on any atom is 0.329 e. The number of hydrogen-bond donors (Lipinski definition) is 2. The molecular formula is C9H18N2O3. The number of carboxylic acid groups (broad SMARTS) is 1. The van der Waals surface area contributed by atoms with Crippen molar-refractivity contribution in [3.05, 3.63) is 0 Å². The summed E-state index contributed by atoms with van der Waals surface area (Å²) in [5, 5.41) is 11.7. The van der Waals surface area contributed by atoms with Gasteiger partial charge in [-0.05, 0) is 27.8 Å². The van der Waals surface area contributed by atoms with Crippen LogP contribution in [0.25, 0.3) is 0 Å². The number of rotatable bonds is 5. The van der Waals surface area contributed by atoms with Crippen LogP contribution in [0.2, 0.25) is 0 Å². The average molecular weight is 202 g/mol. The standard InChI is InChI=1S/C9H18N2O3/c1-5-11(7(12)6-10-4)9(2,3)8(13)14/h10H,5-6H2,1-4H3,(H,13,14). The number of aliphatic carboxylic acids is 1. The molecule has 14 heavy (non-hydrogen) atoms. The lowest BCUT2D eigenvalue weighted by molar-refractivity contribution is -0.156. The van der Waals surface area contributed by atoms with Crippen molar-refractivity contribution >= 4 is 11.9 Å². The molecule has 0 aliphatic rings. The molecule has 0 aliphatic carbocycles. The second-order valence-corrected chi connectivity index (χ2v) is 3.53. The summed E-state index contributed by atoms with van der Waals surface area (Å²) < 4.78 is 0. The maximum atomic E-state index is 11.5. The van der Waals surface area contributed by atoms with E-state index in [2.05, 4.69) is 5.32 Å². The maximum absolute atomic E-state index is 11.5. The van der Waals surface area contributed by atoms with Gasteiger partial charge in [-0.15, -0.1) is 0 Å². The lowest BCUT2D eigenvalue weighted by Crippen LogP contribution is -2.54. The summed E-state index contributed by atoms with van der Waals surface area (Å²) in [5.74, 6) is -1.20. The van der Waals surface area contributed by atoms with Crippen molar-refractivity contribution in [2.24, 2.45) is 0 Å². The zero-order valence-corrected chi connectivity index (χ0v) is 9.13. The zero-order valence-electron chi connectivity index (χ0n) is 9.13. The first-order valence-electron chi connectivity index (χ1n) is 4.56. The molecule has 0 aromatic rings. The Morgan fingerprint density at radius 3 is 2.21 bits per heavy atom. The monoisotopic (exact) mass is 202 g/mol. The molecule has 0 unspecified atom stereocenters. The molecule has 0 saturated heterocycles. The van der Waals surface area contributed by atoms with Gasteiger partial charge in [0.1, 0.15) is 5.54 Å². The third-order valence-electron chi connectivity index (χ3n) is 2.14. The van der Waals surface area contributed by atoms with E-state index in [1.807, 2.05) is 0 Å². The summed E-state index contributed by atoms with van der Waals surface area (Å²) in [6.07, 6.45) is 0. The van der Waals surface area contributed by atoms with Gasteiger partial charge in [0.25, 0.3) is 0 Å². The Labute approximate surface area is 84.1 Å². The number of carbonyl (C=O) groups excluding carboxylic acids is 1. The van der Waals surface area contributed by atoms with Crippen LogP contribution in [0.1, 0.15) is 20.8 Å². The molecule has 0 heterocycles. The van der Waals surface area contributed by atoms with Crippen LogP contribution in [0.15, 0.2) is 0 Å². The topological polar surface area (TPSA) is 69.6 Å². The Kier molecular flexibility index (Phi) is 4.56. The van der Waals surface area contributed by atoms with Crippen molar-refractivity contribution in [1.29, 1.82) is 0 Å². The summed E-state index contributed by atoms with van der Waals surface area (Å²) in [5.41, 5.74) is -1.15. The molecule has 0 atom stereocenters. The van der Waals surface area contributed by atoms with Crippen LogP contribution in [-0.4, -0.2) is 47.6 Å². The molecule has 5 heteroatoms. The number of carbonyl (C=O) groups is 2. The van der Waals surface area contributed by atoms with Gasteiger partial charge in [0, 0.05) is 6.54 Å². The minimum absolute atomic E-state index is 0.157. The molecule has 0 rings (SSSR count). The Hall–Kier alpha value is -1.10.